The number of allylic oxidation sites excluding steroid dienone is 6. The smallest absolute Gasteiger partial charge is 0.417 e. The molecule has 0 unspecified atom stereocenters. The minimum absolute atomic E-state index is 0.0894. The van der Waals surface area contributed by atoms with Crippen LogP contribution < -0.4 is 0 Å². The first-order chi connectivity index (χ1) is 12.2. The Hall–Kier alpha value is -2.10. The largest absolute Gasteiger partial charge is 0.453 e. The standard InChI is InChI=1S/C22H34O4/c1-17(2)9-7-11-19(5)13-15-25-21(23)22(24)26-16-14-20(6)12-8-10-18(3)4/h9-10,13-14H,7-8,11-12,15-16H2,1-6H3. The molecule has 0 rings (SSSR count). The van der Waals surface area contributed by atoms with E-state index in [-0.39, 0.29) is 13.2 Å². The average Bonchev–Trinajstić information content (AvgIpc) is 2.53. The van der Waals surface area contributed by atoms with E-state index in [4.69, 9.17) is 9.47 Å². The van der Waals surface area contributed by atoms with Gasteiger partial charge in [0.15, 0.2) is 0 Å². The zero-order valence-electron chi connectivity index (χ0n) is 17.2. The maximum atomic E-state index is 11.6. The second-order valence-corrected chi connectivity index (χ2v) is 6.94. The summed E-state index contributed by atoms with van der Waals surface area (Å²) in [5, 5.41) is 0. The molecule has 0 fully saturated rings. The van der Waals surface area contributed by atoms with Crippen molar-refractivity contribution in [3.05, 3.63) is 46.6 Å². The third kappa shape index (κ3) is 14.3. The molecular formula is C22H34O4. The monoisotopic (exact) mass is 362 g/mol. The predicted molar refractivity (Wildman–Crippen MR) is 107 cm³/mol. The molecule has 0 aromatic rings. The van der Waals surface area contributed by atoms with Gasteiger partial charge in [-0.2, -0.15) is 0 Å². The number of esters is 2. The van der Waals surface area contributed by atoms with E-state index in [1.54, 1.807) is 0 Å². The Balaban J connectivity index is 4.07. The molecule has 4 heteroatoms. The molecule has 0 saturated carbocycles. The van der Waals surface area contributed by atoms with E-state index in [0.717, 1.165) is 36.8 Å². The van der Waals surface area contributed by atoms with Gasteiger partial charge in [-0.05, 0) is 79.4 Å². The van der Waals surface area contributed by atoms with E-state index < -0.39 is 11.9 Å². The van der Waals surface area contributed by atoms with Crippen LogP contribution in [0.2, 0.25) is 0 Å². The van der Waals surface area contributed by atoms with E-state index in [1.165, 1.54) is 11.1 Å². The summed E-state index contributed by atoms with van der Waals surface area (Å²) in [6, 6.07) is 0. The maximum absolute atomic E-state index is 11.6. The number of carbonyl (C=O) groups is 2. The average molecular weight is 363 g/mol. The van der Waals surface area contributed by atoms with E-state index >= 15 is 0 Å². The van der Waals surface area contributed by atoms with Crippen molar-refractivity contribution < 1.29 is 19.1 Å². The van der Waals surface area contributed by atoms with Crippen LogP contribution in [0.25, 0.3) is 0 Å². The van der Waals surface area contributed by atoms with Gasteiger partial charge >= 0.3 is 11.9 Å². The first kappa shape index (κ1) is 23.9. The van der Waals surface area contributed by atoms with E-state index in [1.807, 2.05) is 26.0 Å². The molecule has 0 radical (unpaired) electrons. The fourth-order valence-corrected chi connectivity index (χ4v) is 2.02. The van der Waals surface area contributed by atoms with Crippen LogP contribution >= 0.6 is 0 Å². The van der Waals surface area contributed by atoms with Crippen molar-refractivity contribution >= 4 is 11.9 Å². The first-order valence-corrected chi connectivity index (χ1v) is 9.14. The lowest BCUT2D eigenvalue weighted by atomic mass is 10.1. The number of carbonyl (C=O) groups excluding carboxylic acids is 2. The zero-order valence-corrected chi connectivity index (χ0v) is 17.2. The van der Waals surface area contributed by atoms with Gasteiger partial charge in [0.1, 0.15) is 13.2 Å². The third-order valence-corrected chi connectivity index (χ3v) is 3.64. The molecule has 0 amide bonds. The van der Waals surface area contributed by atoms with Crippen LogP contribution in [-0.2, 0) is 19.1 Å². The number of rotatable bonds is 10. The van der Waals surface area contributed by atoms with Crippen LogP contribution in [-0.4, -0.2) is 25.2 Å². The number of hydrogen-bond donors (Lipinski definition) is 0. The molecule has 0 N–H and O–H groups in total. The predicted octanol–water partition coefficient (Wildman–Crippen LogP) is 5.46. The quantitative estimate of drug-likeness (QED) is 0.294. The lowest BCUT2D eigenvalue weighted by Crippen LogP contribution is -2.20. The Morgan fingerprint density at radius 3 is 1.27 bits per heavy atom. The second-order valence-electron chi connectivity index (χ2n) is 6.94. The van der Waals surface area contributed by atoms with Crippen molar-refractivity contribution in [1.82, 2.24) is 0 Å². The summed E-state index contributed by atoms with van der Waals surface area (Å²) in [5.74, 6) is -1.90. The highest BCUT2D eigenvalue weighted by Crippen LogP contribution is 2.07. The van der Waals surface area contributed by atoms with Gasteiger partial charge in [0.05, 0.1) is 0 Å². The molecular weight excluding hydrogens is 328 g/mol. The van der Waals surface area contributed by atoms with E-state index in [9.17, 15) is 9.59 Å². The van der Waals surface area contributed by atoms with Crippen LogP contribution in [0.15, 0.2) is 46.6 Å². The molecule has 0 aliphatic heterocycles. The molecule has 0 aromatic carbocycles. The van der Waals surface area contributed by atoms with Gasteiger partial charge in [0, 0.05) is 0 Å². The molecule has 0 heterocycles. The van der Waals surface area contributed by atoms with Crippen LogP contribution in [0.5, 0.6) is 0 Å². The molecule has 4 nitrogen and oxygen atoms in total. The number of ether oxygens (including phenoxy) is 2. The molecule has 0 aliphatic carbocycles. The highest BCUT2D eigenvalue weighted by Gasteiger charge is 2.15. The summed E-state index contributed by atoms with van der Waals surface area (Å²) in [6.07, 6.45) is 11.7. The number of hydrogen-bond acceptors (Lipinski definition) is 4. The molecule has 0 bridgehead atoms. The van der Waals surface area contributed by atoms with Crippen LogP contribution in [0.1, 0.15) is 67.2 Å². The van der Waals surface area contributed by atoms with Gasteiger partial charge in [-0.1, -0.05) is 34.4 Å². The van der Waals surface area contributed by atoms with Crippen LogP contribution in [0, 0.1) is 0 Å². The minimum Gasteiger partial charge on any atom is -0.453 e. The molecule has 0 aromatic heterocycles. The molecule has 0 atom stereocenters. The van der Waals surface area contributed by atoms with Gasteiger partial charge < -0.3 is 9.47 Å². The summed E-state index contributed by atoms with van der Waals surface area (Å²) in [7, 11) is 0. The van der Waals surface area contributed by atoms with Gasteiger partial charge in [0.2, 0.25) is 0 Å². The van der Waals surface area contributed by atoms with Crippen molar-refractivity contribution in [2.75, 3.05) is 13.2 Å². The van der Waals surface area contributed by atoms with Crippen LogP contribution in [0.4, 0.5) is 0 Å². The lowest BCUT2D eigenvalue weighted by Gasteiger charge is -2.04. The fraction of sp³-hybridized carbons (Fsp3) is 0.545. The Kier molecular flexibility index (Phi) is 13.0. The van der Waals surface area contributed by atoms with E-state index in [2.05, 4.69) is 39.8 Å². The molecule has 146 valence electrons. The Labute approximate surface area is 158 Å². The first-order valence-electron chi connectivity index (χ1n) is 9.14. The highest BCUT2D eigenvalue weighted by atomic mass is 16.6. The van der Waals surface area contributed by atoms with Gasteiger partial charge in [-0.25, -0.2) is 9.59 Å². The molecule has 0 saturated heterocycles. The van der Waals surface area contributed by atoms with Crippen molar-refractivity contribution in [3.63, 3.8) is 0 Å². The van der Waals surface area contributed by atoms with Gasteiger partial charge in [0.25, 0.3) is 0 Å². The summed E-state index contributed by atoms with van der Waals surface area (Å²) in [5.41, 5.74) is 4.82. The molecule has 0 spiro atoms. The van der Waals surface area contributed by atoms with Crippen molar-refractivity contribution in [1.29, 1.82) is 0 Å². The second kappa shape index (κ2) is 14.1. The Bertz CT molecular complexity index is 517. The van der Waals surface area contributed by atoms with Gasteiger partial charge in [-0.15, -0.1) is 0 Å². The summed E-state index contributed by atoms with van der Waals surface area (Å²) < 4.78 is 9.83. The topological polar surface area (TPSA) is 52.6 Å². The zero-order chi connectivity index (χ0) is 19.9. The summed E-state index contributed by atoms with van der Waals surface area (Å²) in [6.45, 7) is 12.4. The lowest BCUT2D eigenvalue weighted by molar-refractivity contribution is -0.166. The van der Waals surface area contributed by atoms with Crippen molar-refractivity contribution in [2.45, 2.75) is 67.2 Å². The van der Waals surface area contributed by atoms with Crippen molar-refractivity contribution in [2.24, 2.45) is 0 Å². The van der Waals surface area contributed by atoms with Gasteiger partial charge in [-0.3, -0.25) is 0 Å². The van der Waals surface area contributed by atoms with E-state index in [0.29, 0.717) is 0 Å². The van der Waals surface area contributed by atoms with Crippen molar-refractivity contribution in [3.8, 4) is 0 Å². The third-order valence-electron chi connectivity index (χ3n) is 3.64. The maximum Gasteiger partial charge on any atom is 0.417 e. The normalized spacial score (nSPS) is 11.6. The SMILES string of the molecule is CC(C)=CCCC(C)=CCOC(=O)C(=O)OCC=C(C)CCC=C(C)C. The summed E-state index contributed by atoms with van der Waals surface area (Å²) in [4.78, 5) is 23.2. The molecule has 26 heavy (non-hydrogen) atoms. The van der Waals surface area contributed by atoms with Crippen LogP contribution in [0.3, 0.4) is 0 Å². The summed E-state index contributed by atoms with van der Waals surface area (Å²) >= 11 is 0. The molecule has 0 aliphatic rings. The Morgan fingerprint density at radius 1 is 0.615 bits per heavy atom. The minimum atomic E-state index is -0.950. The highest BCUT2D eigenvalue weighted by molar-refractivity contribution is 6.29. The fourth-order valence-electron chi connectivity index (χ4n) is 2.02. The Morgan fingerprint density at radius 2 is 0.962 bits per heavy atom.